The lowest BCUT2D eigenvalue weighted by atomic mass is 10.0. The summed E-state index contributed by atoms with van der Waals surface area (Å²) in [6.07, 6.45) is 18.7. The number of quaternary nitrogens is 1. The van der Waals surface area contributed by atoms with Crippen molar-refractivity contribution in [3.05, 3.63) is 0 Å². The van der Waals surface area contributed by atoms with Gasteiger partial charge in [0, 0.05) is 6.16 Å². The third-order valence-corrected chi connectivity index (χ3v) is 6.35. The Morgan fingerprint density at radius 2 is 1.10 bits per heavy atom. The van der Waals surface area contributed by atoms with Gasteiger partial charge in [-0.25, -0.2) is 0 Å². The van der Waals surface area contributed by atoms with Crippen LogP contribution < -0.4 is 0 Å². The summed E-state index contributed by atoms with van der Waals surface area (Å²) in [6, 6.07) is 0. The summed E-state index contributed by atoms with van der Waals surface area (Å²) in [5, 5.41) is 8.39. The number of rotatable bonds is 19. The summed E-state index contributed by atoms with van der Waals surface area (Å²) in [5.74, 6) is 0. The minimum atomic E-state index is -3.26. The second kappa shape index (κ2) is 21.3. The van der Waals surface area contributed by atoms with Crippen LogP contribution in [0.2, 0.25) is 0 Å². The second-order valence-corrected chi connectivity index (χ2v) is 11.3. The number of hydrogen-bond acceptors (Lipinski definition) is 3. The van der Waals surface area contributed by atoms with Gasteiger partial charge in [-0.15, -0.1) is 0 Å². The molecule has 0 aliphatic heterocycles. The lowest BCUT2D eigenvalue weighted by Gasteiger charge is -2.21. The molecule has 29 heavy (non-hydrogen) atoms. The Labute approximate surface area is 182 Å². The number of likely N-dealkylation sites (N-methyl/N-ethyl adjacent to an activating group) is 1. The maximum atomic E-state index is 11.2. The Balaban J connectivity index is 0. The maximum Gasteiger partial charge on any atom is 0.327 e. The van der Waals surface area contributed by atoms with Crippen molar-refractivity contribution in [2.45, 2.75) is 104 Å². The van der Waals surface area contributed by atoms with Crippen LogP contribution in [0.3, 0.4) is 0 Å². The van der Waals surface area contributed by atoms with Crippen molar-refractivity contribution in [1.29, 1.82) is 0 Å². The van der Waals surface area contributed by atoms with Gasteiger partial charge in [-0.05, 0) is 6.42 Å². The molecule has 1 unspecified atom stereocenters. The van der Waals surface area contributed by atoms with E-state index in [1.165, 1.54) is 77.0 Å². The van der Waals surface area contributed by atoms with Crippen LogP contribution in [0.25, 0.3) is 0 Å². The first kappa shape index (κ1) is 31.3. The average molecular weight is 439 g/mol. The molecule has 0 aliphatic carbocycles. The summed E-state index contributed by atoms with van der Waals surface area (Å²) in [7, 11) is 2.90. The number of unbranched alkanes of at least 4 members (excludes halogenated alkanes) is 13. The van der Waals surface area contributed by atoms with Gasteiger partial charge in [0.15, 0.2) is 0 Å². The third-order valence-electron chi connectivity index (χ3n) is 4.96. The van der Waals surface area contributed by atoms with Crippen LogP contribution >= 0.6 is 7.60 Å². The fraction of sp³-hybridized carbons (Fsp3) is 1.00. The Bertz CT molecular complexity index is 372. The molecular weight excluding hydrogens is 385 g/mol. The van der Waals surface area contributed by atoms with Crippen molar-refractivity contribution in [1.82, 2.24) is 0 Å². The first-order chi connectivity index (χ1) is 13.7. The molecule has 0 aromatic carbocycles. The minimum absolute atomic E-state index is 0.214. The van der Waals surface area contributed by atoms with E-state index in [0.717, 1.165) is 23.9 Å². The SMILES string of the molecule is CCCCCCCCCCCCCCCCOP(=O)(O)CC.C[N+](C)(C)CCO. The quantitative estimate of drug-likeness (QED) is 0.140. The van der Waals surface area contributed by atoms with Crippen molar-refractivity contribution in [2.24, 2.45) is 0 Å². The minimum Gasteiger partial charge on any atom is -0.391 e. The highest BCUT2D eigenvalue weighted by molar-refractivity contribution is 7.52. The number of nitrogens with zero attached hydrogens (tertiary/aromatic N) is 1. The lowest BCUT2D eigenvalue weighted by Crippen LogP contribution is -2.36. The van der Waals surface area contributed by atoms with Crippen molar-refractivity contribution in [2.75, 3.05) is 47.1 Å². The summed E-state index contributed by atoms with van der Waals surface area (Å²) >= 11 is 0. The van der Waals surface area contributed by atoms with Crippen molar-refractivity contribution in [3.63, 3.8) is 0 Å². The fourth-order valence-corrected chi connectivity index (χ4v) is 3.49. The monoisotopic (exact) mass is 438 g/mol. The van der Waals surface area contributed by atoms with E-state index in [2.05, 4.69) is 28.1 Å². The number of hydrogen-bond donors (Lipinski definition) is 2. The summed E-state index contributed by atoms with van der Waals surface area (Å²) in [6.45, 7) is 5.50. The van der Waals surface area contributed by atoms with E-state index in [0.29, 0.717) is 6.61 Å². The predicted molar refractivity (Wildman–Crippen MR) is 127 cm³/mol. The van der Waals surface area contributed by atoms with E-state index >= 15 is 0 Å². The van der Waals surface area contributed by atoms with Crippen molar-refractivity contribution < 1.29 is 23.6 Å². The molecule has 0 radical (unpaired) electrons. The van der Waals surface area contributed by atoms with E-state index in [-0.39, 0.29) is 12.8 Å². The Hall–Kier alpha value is 0.0700. The molecule has 0 aromatic rings. The molecule has 0 aliphatic rings. The highest BCUT2D eigenvalue weighted by atomic mass is 31.2. The molecule has 2 N–H and O–H groups in total. The van der Waals surface area contributed by atoms with Gasteiger partial charge in [0.05, 0.1) is 34.4 Å². The van der Waals surface area contributed by atoms with Gasteiger partial charge in [0.1, 0.15) is 6.54 Å². The van der Waals surface area contributed by atoms with Crippen LogP contribution in [-0.2, 0) is 9.09 Å². The van der Waals surface area contributed by atoms with Gasteiger partial charge in [0.25, 0.3) is 0 Å². The molecule has 1 atom stereocenters. The number of aliphatic hydroxyl groups excluding tert-OH is 1. The molecule has 178 valence electrons. The molecule has 0 saturated heterocycles. The van der Waals surface area contributed by atoms with Crippen LogP contribution in [0.4, 0.5) is 0 Å². The zero-order chi connectivity index (χ0) is 22.4. The highest BCUT2D eigenvalue weighted by Gasteiger charge is 2.14. The van der Waals surface area contributed by atoms with Gasteiger partial charge in [-0.1, -0.05) is 97.3 Å². The molecule has 0 saturated carbocycles. The molecule has 0 heterocycles. The Morgan fingerprint density at radius 3 is 1.38 bits per heavy atom. The van der Waals surface area contributed by atoms with Crippen LogP contribution in [-0.4, -0.2) is 61.5 Å². The first-order valence-corrected chi connectivity index (χ1v) is 13.8. The maximum absolute atomic E-state index is 11.2. The van der Waals surface area contributed by atoms with Crippen LogP contribution in [0.1, 0.15) is 104 Å². The molecule has 0 spiro atoms. The topological polar surface area (TPSA) is 66.8 Å². The standard InChI is InChI=1S/C18H39O3P.C5H14NO/c1-3-5-6-7-8-9-10-11-12-13-14-15-16-17-18-21-22(19,20)4-2;1-6(2,3)4-5-7/h3-18H2,1-2H3,(H,19,20);7H,4-5H2,1-3H3/q;+1. The number of aliphatic hydroxyl groups is 1. The third kappa shape index (κ3) is 30.4. The van der Waals surface area contributed by atoms with E-state index < -0.39 is 7.60 Å². The molecule has 0 rings (SSSR count). The molecule has 0 bridgehead atoms. The molecule has 0 fully saturated rings. The van der Waals surface area contributed by atoms with E-state index in [4.69, 9.17) is 9.63 Å². The van der Waals surface area contributed by atoms with Gasteiger partial charge in [-0.3, -0.25) is 4.57 Å². The van der Waals surface area contributed by atoms with Gasteiger partial charge in [0.2, 0.25) is 0 Å². The second-order valence-electron chi connectivity index (χ2n) is 9.12. The molecule has 5 nitrogen and oxygen atoms in total. The highest BCUT2D eigenvalue weighted by Crippen LogP contribution is 2.41. The fourth-order valence-electron chi connectivity index (χ4n) is 2.90. The summed E-state index contributed by atoms with van der Waals surface area (Å²) in [4.78, 5) is 9.26. The summed E-state index contributed by atoms with van der Waals surface area (Å²) < 4.78 is 17.1. The zero-order valence-corrected chi connectivity index (χ0v) is 21.2. The first-order valence-electron chi connectivity index (χ1n) is 12.1. The predicted octanol–water partition coefficient (Wildman–Crippen LogP) is 6.37. The van der Waals surface area contributed by atoms with E-state index in [1.54, 1.807) is 6.92 Å². The van der Waals surface area contributed by atoms with Gasteiger partial charge < -0.3 is 19.0 Å². The largest absolute Gasteiger partial charge is 0.391 e. The normalized spacial score (nSPS) is 13.6. The lowest BCUT2D eigenvalue weighted by molar-refractivity contribution is -0.870. The van der Waals surface area contributed by atoms with Gasteiger partial charge in [-0.2, -0.15) is 0 Å². The zero-order valence-electron chi connectivity index (χ0n) is 20.3. The molecule has 0 aromatic heterocycles. The van der Waals surface area contributed by atoms with Crippen LogP contribution in [0.5, 0.6) is 0 Å². The molecular formula is C23H53NO4P+. The van der Waals surface area contributed by atoms with Crippen molar-refractivity contribution in [3.8, 4) is 0 Å². The molecule has 6 heteroatoms. The van der Waals surface area contributed by atoms with Crippen LogP contribution in [0.15, 0.2) is 0 Å². The van der Waals surface area contributed by atoms with E-state index in [1.807, 2.05) is 0 Å². The van der Waals surface area contributed by atoms with Crippen molar-refractivity contribution >= 4 is 7.60 Å². The van der Waals surface area contributed by atoms with Crippen LogP contribution in [0, 0.1) is 0 Å². The smallest absolute Gasteiger partial charge is 0.327 e. The molecule has 0 amide bonds. The Kier molecular flexibility index (Phi) is 23.0. The Morgan fingerprint density at radius 1 is 0.724 bits per heavy atom. The summed E-state index contributed by atoms with van der Waals surface area (Å²) in [5.41, 5.74) is 0. The average Bonchev–Trinajstić information content (AvgIpc) is 2.64. The van der Waals surface area contributed by atoms with Gasteiger partial charge >= 0.3 is 7.60 Å². The van der Waals surface area contributed by atoms with E-state index in [9.17, 15) is 9.46 Å².